The van der Waals surface area contributed by atoms with Gasteiger partial charge in [0, 0.05) is 17.1 Å². The fourth-order valence-corrected chi connectivity index (χ4v) is 2.71. The van der Waals surface area contributed by atoms with Crippen molar-refractivity contribution in [3.63, 3.8) is 0 Å². The third kappa shape index (κ3) is 5.23. The number of hydrogen-bond donors (Lipinski definition) is 1. The molecule has 0 aliphatic rings. The summed E-state index contributed by atoms with van der Waals surface area (Å²) in [6, 6.07) is 14.7. The van der Waals surface area contributed by atoms with Crippen LogP contribution < -0.4 is 5.73 Å². The summed E-state index contributed by atoms with van der Waals surface area (Å²) in [7, 11) is 2.08. The van der Waals surface area contributed by atoms with Gasteiger partial charge in [0.2, 0.25) is 0 Å². The lowest BCUT2D eigenvalue weighted by Crippen LogP contribution is -2.23. The maximum Gasteiger partial charge on any atom is 0.123 e. The predicted octanol–water partition coefficient (Wildman–Crippen LogP) is 4.11. The minimum atomic E-state index is -0.224. The second kappa shape index (κ2) is 7.69. The molecule has 2 nitrogen and oxygen atoms in total. The Labute approximate surface area is 133 Å². The van der Waals surface area contributed by atoms with Crippen LogP contribution in [0.3, 0.4) is 0 Å². The summed E-state index contributed by atoms with van der Waals surface area (Å²) in [5.41, 5.74) is 8.40. The Kier molecular flexibility index (Phi) is 5.91. The van der Waals surface area contributed by atoms with E-state index in [1.54, 1.807) is 12.1 Å². The van der Waals surface area contributed by atoms with Crippen LogP contribution in [0.4, 0.5) is 4.39 Å². The van der Waals surface area contributed by atoms with Gasteiger partial charge in [0.25, 0.3) is 0 Å². The van der Waals surface area contributed by atoms with Crippen LogP contribution >= 0.6 is 15.9 Å². The maximum absolute atomic E-state index is 12.9. The average Bonchev–Trinajstić information content (AvgIpc) is 2.45. The van der Waals surface area contributed by atoms with Crippen molar-refractivity contribution < 1.29 is 4.39 Å². The zero-order chi connectivity index (χ0) is 15.2. The van der Waals surface area contributed by atoms with Gasteiger partial charge in [-0.3, -0.25) is 0 Å². The summed E-state index contributed by atoms with van der Waals surface area (Å²) in [6.45, 7) is 1.78. The van der Waals surface area contributed by atoms with Crippen LogP contribution in [0, 0.1) is 5.82 Å². The minimum Gasteiger partial charge on any atom is -0.324 e. The minimum absolute atomic E-state index is 0.0597. The molecule has 0 spiro atoms. The zero-order valence-electron chi connectivity index (χ0n) is 12.1. The van der Waals surface area contributed by atoms with E-state index in [0.29, 0.717) is 0 Å². The summed E-state index contributed by atoms with van der Waals surface area (Å²) in [5, 5.41) is 0. The van der Waals surface area contributed by atoms with Gasteiger partial charge < -0.3 is 10.6 Å². The summed E-state index contributed by atoms with van der Waals surface area (Å²) in [6.07, 6.45) is 0.843. The summed E-state index contributed by atoms with van der Waals surface area (Å²) >= 11 is 3.48. The number of rotatable bonds is 6. The van der Waals surface area contributed by atoms with Crippen molar-refractivity contribution in [1.82, 2.24) is 4.90 Å². The largest absolute Gasteiger partial charge is 0.324 e. The molecule has 0 amide bonds. The predicted molar refractivity (Wildman–Crippen MR) is 88.4 cm³/mol. The molecule has 112 valence electrons. The van der Waals surface area contributed by atoms with Crippen molar-refractivity contribution in [3.8, 4) is 0 Å². The van der Waals surface area contributed by atoms with Crippen LogP contribution in [0.25, 0.3) is 0 Å². The molecule has 0 heterocycles. The van der Waals surface area contributed by atoms with Crippen LogP contribution in [0.2, 0.25) is 0 Å². The Morgan fingerprint density at radius 3 is 2.57 bits per heavy atom. The van der Waals surface area contributed by atoms with Gasteiger partial charge >= 0.3 is 0 Å². The number of benzene rings is 2. The Balaban J connectivity index is 1.83. The summed E-state index contributed by atoms with van der Waals surface area (Å²) in [5.74, 6) is -0.224. The third-order valence-electron chi connectivity index (χ3n) is 3.46. The van der Waals surface area contributed by atoms with E-state index in [4.69, 9.17) is 5.73 Å². The molecule has 0 radical (unpaired) electrons. The molecule has 2 rings (SSSR count). The first kappa shape index (κ1) is 16.1. The molecule has 0 aromatic heterocycles. The van der Waals surface area contributed by atoms with Gasteiger partial charge in [-0.15, -0.1) is 0 Å². The van der Waals surface area contributed by atoms with Gasteiger partial charge in [-0.25, -0.2) is 4.39 Å². The van der Waals surface area contributed by atoms with Gasteiger partial charge in [0.05, 0.1) is 0 Å². The molecule has 2 aromatic carbocycles. The highest BCUT2D eigenvalue weighted by molar-refractivity contribution is 9.10. The fourth-order valence-electron chi connectivity index (χ4n) is 2.26. The summed E-state index contributed by atoms with van der Waals surface area (Å²) < 4.78 is 14.0. The molecule has 0 fully saturated rings. The molecule has 0 saturated heterocycles. The van der Waals surface area contributed by atoms with E-state index in [1.165, 1.54) is 17.7 Å². The van der Waals surface area contributed by atoms with E-state index in [9.17, 15) is 4.39 Å². The molecule has 0 saturated carbocycles. The van der Waals surface area contributed by atoms with Crippen molar-refractivity contribution in [2.24, 2.45) is 5.73 Å². The van der Waals surface area contributed by atoms with Gasteiger partial charge in [-0.05, 0) is 55.4 Å². The van der Waals surface area contributed by atoms with Crippen molar-refractivity contribution in [1.29, 1.82) is 0 Å². The van der Waals surface area contributed by atoms with Crippen molar-refractivity contribution in [2.75, 3.05) is 13.6 Å². The van der Waals surface area contributed by atoms with E-state index >= 15 is 0 Å². The Bertz CT molecular complexity index is 571. The second-order valence-corrected chi connectivity index (χ2v) is 6.23. The average molecular weight is 351 g/mol. The lowest BCUT2D eigenvalue weighted by Gasteiger charge is -2.20. The van der Waals surface area contributed by atoms with E-state index in [-0.39, 0.29) is 11.9 Å². The topological polar surface area (TPSA) is 29.3 Å². The van der Waals surface area contributed by atoms with E-state index < -0.39 is 0 Å². The highest BCUT2D eigenvalue weighted by Gasteiger charge is 2.08. The Morgan fingerprint density at radius 2 is 1.90 bits per heavy atom. The monoisotopic (exact) mass is 350 g/mol. The maximum atomic E-state index is 12.9. The van der Waals surface area contributed by atoms with Gasteiger partial charge in [-0.1, -0.05) is 40.2 Å². The Morgan fingerprint density at radius 1 is 1.19 bits per heavy atom. The first-order chi connectivity index (χ1) is 10.0. The summed E-state index contributed by atoms with van der Waals surface area (Å²) in [4.78, 5) is 2.24. The van der Waals surface area contributed by atoms with E-state index in [1.807, 2.05) is 12.1 Å². The number of hydrogen-bond acceptors (Lipinski definition) is 2. The van der Waals surface area contributed by atoms with Crippen LogP contribution in [0.15, 0.2) is 53.0 Å². The molecule has 4 heteroatoms. The third-order valence-corrected chi connectivity index (χ3v) is 3.95. The first-order valence-corrected chi connectivity index (χ1v) is 7.78. The molecule has 0 aliphatic carbocycles. The molecular weight excluding hydrogens is 331 g/mol. The molecule has 1 unspecified atom stereocenters. The van der Waals surface area contributed by atoms with Gasteiger partial charge in [0.1, 0.15) is 5.82 Å². The number of nitrogens with zero attached hydrogens (tertiary/aromatic N) is 1. The van der Waals surface area contributed by atoms with Crippen molar-refractivity contribution in [2.45, 2.75) is 19.0 Å². The second-order valence-electron chi connectivity index (χ2n) is 5.31. The van der Waals surface area contributed by atoms with Crippen LogP contribution in [0.5, 0.6) is 0 Å². The standard InChI is InChI=1S/C17H20BrFN2/c1-21(12-13-3-2-4-15(18)11-13)10-9-17(20)14-5-7-16(19)8-6-14/h2-8,11,17H,9-10,12,20H2,1H3. The van der Waals surface area contributed by atoms with Gasteiger partial charge in [-0.2, -0.15) is 0 Å². The number of halogens is 2. The fraction of sp³-hybridized carbons (Fsp3) is 0.294. The normalized spacial score (nSPS) is 12.6. The zero-order valence-corrected chi connectivity index (χ0v) is 13.7. The molecule has 2 aromatic rings. The molecule has 0 aliphatic heterocycles. The molecular formula is C17H20BrFN2. The smallest absolute Gasteiger partial charge is 0.123 e. The first-order valence-electron chi connectivity index (χ1n) is 6.98. The lowest BCUT2D eigenvalue weighted by atomic mass is 10.0. The molecule has 21 heavy (non-hydrogen) atoms. The van der Waals surface area contributed by atoms with Gasteiger partial charge in [0.15, 0.2) is 0 Å². The molecule has 2 N–H and O–H groups in total. The van der Waals surface area contributed by atoms with E-state index in [2.05, 4.69) is 40.0 Å². The van der Waals surface area contributed by atoms with Crippen molar-refractivity contribution >= 4 is 15.9 Å². The van der Waals surface area contributed by atoms with E-state index in [0.717, 1.165) is 29.5 Å². The molecule has 0 bridgehead atoms. The lowest BCUT2D eigenvalue weighted by molar-refractivity contribution is 0.311. The Hall–Kier alpha value is -1.23. The van der Waals surface area contributed by atoms with Crippen LogP contribution in [0.1, 0.15) is 23.6 Å². The van der Waals surface area contributed by atoms with Crippen LogP contribution in [-0.4, -0.2) is 18.5 Å². The highest BCUT2D eigenvalue weighted by atomic mass is 79.9. The highest BCUT2D eigenvalue weighted by Crippen LogP contribution is 2.16. The van der Waals surface area contributed by atoms with Crippen molar-refractivity contribution in [3.05, 3.63) is 69.9 Å². The SMILES string of the molecule is CN(CCC(N)c1ccc(F)cc1)Cc1cccc(Br)c1. The quantitative estimate of drug-likeness (QED) is 0.849. The molecule has 1 atom stereocenters. The van der Waals surface area contributed by atoms with Crippen LogP contribution in [-0.2, 0) is 6.54 Å². The number of nitrogens with two attached hydrogens (primary N) is 1.